The van der Waals surface area contributed by atoms with Crippen molar-refractivity contribution in [2.45, 2.75) is 20.3 Å². The molecule has 1 aromatic carbocycles. The molecular formula is C16H17Cl2N3O3. The molecule has 0 fully saturated rings. The SMILES string of the molecule is CCc1onc(C)c1C(=O)N(C)CC(=O)Nc1ccc(Cl)c(Cl)c1. The number of hydrogen-bond acceptors (Lipinski definition) is 4. The molecule has 6 nitrogen and oxygen atoms in total. The molecule has 0 bridgehead atoms. The Labute approximate surface area is 149 Å². The first kappa shape index (κ1) is 18.3. The second-order valence-electron chi connectivity index (χ2n) is 5.26. The quantitative estimate of drug-likeness (QED) is 0.873. The number of amides is 2. The van der Waals surface area contributed by atoms with E-state index in [1.807, 2.05) is 6.92 Å². The number of likely N-dealkylation sites (N-methyl/N-ethyl adjacent to an activating group) is 1. The van der Waals surface area contributed by atoms with Gasteiger partial charge in [-0.1, -0.05) is 35.3 Å². The summed E-state index contributed by atoms with van der Waals surface area (Å²) in [5, 5.41) is 7.21. The van der Waals surface area contributed by atoms with Crippen LogP contribution >= 0.6 is 23.2 Å². The number of nitrogens with one attached hydrogen (secondary N) is 1. The normalized spacial score (nSPS) is 10.5. The average Bonchev–Trinajstić information content (AvgIpc) is 2.90. The Kier molecular flexibility index (Phi) is 5.85. The summed E-state index contributed by atoms with van der Waals surface area (Å²) in [7, 11) is 1.54. The highest BCUT2D eigenvalue weighted by atomic mass is 35.5. The van der Waals surface area contributed by atoms with Crippen LogP contribution in [-0.4, -0.2) is 35.5 Å². The minimum atomic E-state index is -0.351. The van der Waals surface area contributed by atoms with Crippen molar-refractivity contribution in [1.29, 1.82) is 0 Å². The number of hydrogen-bond donors (Lipinski definition) is 1. The molecule has 0 atom stereocenters. The summed E-state index contributed by atoms with van der Waals surface area (Å²) >= 11 is 11.7. The summed E-state index contributed by atoms with van der Waals surface area (Å²) in [6, 6.07) is 4.76. The Morgan fingerprint density at radius 1 is 1.29 bits per heavy atom. The third kappa shape index (κ3) is 4.07. The molecular weight excluding hydrogens is 353 g/mol. The van der Waals surface area contributed by atoms with Gasteiger partial charge in [-0.15, -0.1) is 0 Å². The first-order valence-corrected chi connectivity index (χ1v) is 8.04. The van der Waals surface area contributed by atoms with Gasteiger partial charge in [-0.05, 0) is 25.1 Å². The van der Waals surface area contributed by atoms with Crippen molar-refractivity contribution in [3.05, 3.63) is 45.3 Å². The number of halogens is 2. The molecule has 1 heterocycles. The second kappa shape index (κ2) is 7.68. The van der Waals surface area contributed by atoms with Gasteiger partial charge in [0.05, 0.1) is 22.3 Å². The van der Waals surface area contributed by atoms with Crippen LogP contribution in [0.2, 0.25) is 10.0 Å². The van der Waals surface area contributed by atoms with Gasteiger partial charge in [-0.3, -0.25) is 9.59 Å². The van der Waals surface area contributed by atoms with Crippen molar-refractivity contribution < 1.29 is 14.1 Å². The lowest BCUT2D eigenvalue weighted by Gasteiger charge is -2.17. The minimum Gasteiger partial charge on any atom is -0.360 e. The fraction of sp³-hybridized carbons (Fsp3) is 0.312. The predicted molar refractivity (Wildman–Crippen MR) is 92.7 cm³/mol. The summed E-state index contributed by atoms with van der Waals surface area (Å²) in [6.45, 7) is 3.44. The highest BCUT2D eigenvalue weighted by Gasteiger charge is 2.23. The van der Waals surface area contributed by atoms with Gasteiger partial charge in [0.2, 0.25) is 5.91 Å². The van der Waals surface area contributed by atoms with E-state index in [4.69, 9.17) is 27.7 Å². The minimum absolute atomic E-state index is 0.118. The topological polar surface area (TPSA) is 75.4 Å². The van der Waals surface area contributed by atoms with E-state index in [2.05, 4.69) is 10.5 Å². The summed E-state index contributed by atoms with van der Waals surface area (Å²) < 4.78 is 5.12. The molecule has 2 amide bonds. The number of benzene rings is 1. The van der Waals surface area contributed by atoms with Crippen molar-refractivity contribution in [3.8, 4) is 0 Å². The van der Waals surface area contributed by atoms with Crippen molar-refractivity contribution in [2.75, 3.05) is 18.9 Å². The van der Waals surface area contributed by atoms with Crippen LogP contribution in [0.1, 0.15) is 28.7 Å². The van der Waals surface area contributed by atoms with Crippen molar-refractivity contribution in [2.24, 2.45) is 0 Å². The number of anilines is 1. The summed E-state index contributed by atoms with van der Waals surface area (Å²) in [6.07, 6.45) is 0.547. The van der Waals surface area contributed by atoms with E-state index in [0.29, 0.717) is 39.2 Å². The van der Waals surface area contributed by atoms with E-state index in [-0.39, 0.29) is 18.4 Å². The Bertz CT molecular complexity index is 774. The van der Waals surface area contributed by atoms with E-state index in [9.17, 15) is 9.59 Å². The molecule has 8 heteroatoms. The zero-order valence-electron chi connectivity index (χ0n) is 13.5. The first-order valence-electron chi connectivity index (χ1n) is 7.29. The van der Waals surface area contributed by atoms with E-state index in [1.165, 1.54) is 4.90 Å². The molecule has 2 aromatic rings. The van der Waals surface area contributed by atoms with Crippen LogP contribution < -0.4 is 5.32 Å². The maximum Gasteiger partial charge on any atom is 0.259 e. The zero-order chi connectivity index (χ0) is 17.9. The van der Waals surface area contributed by atoms with Gasteiger partial charge < -0.3 is 14.7 Å². The second-order valence-corrected chi connectivity index (χ2v) is 6.07. The number of aryl methyl sites for hydroxylation is 2. The molecule has 0 spiro atoms. The molecule has 2 rings (SSSR count). The number of rotatable bonds is 5. The monoisotopic (exact) mass is 369 g/mol. The molecule has 0 radical (unpaired) electrons. The molecule has 128 valence electrons. The Hall–Kier alpha value is -2.05. The van der Waals surface area contributed by atoms with Gasteiger partial charge in [-0.25, -0.2) is 0 Å². The number of nitrogens with zero attached hydrogens (tertiary/aromatic N) is 2. The van der Waals surface area contributed by atoms with Crippen LogP contribution in [0.5, 0.6) is 0 Å². The Morgan fingerprint density at radius 3 is 2.62 bits per heavy atom. The van der Waals surface area contributed by atoms with Gasteiger partial charge in [0.1, 0.15) is 11.3 Å². The van der Waals surface area contributed by atoms with E-state index >= 15 is 0 Å². The summed E-state index contributed by atoms with van der Waals surface area (Å²) in [4.78, 5) is 25.9. The van der Waals surface area contributed by atoms with Crippen molar-refractivity contribution >= 4 is 40.7 Å². The maximum absolute atomic E-state index is 12.5. The molecule has 24 heavy (non-hydrogen) atoms. The third-order valence-corrected chi connectivity index (χ3v) is 4.14. The van der Waals surface area contributed by atoms with Crippen LogP contribution in [-0.2, 0) is 11.2 Å². The lowest BCUT2D eigenvalue weighted by atomic mass is 10.1. The molecule has 0 aliphatic heterocycles. The predicted octanol–water partition coefficient (Wildman–Crippen LogP) is 3.56. The number of carbonyl (C=O) groups is 2. The van der Waals surface area contributed by atoms with E-state index in [0.717, 1.165) is 0 Å². The zero-order valence-corrected chi connectivity index (χ0v) is 15.0. The largest absolute Gasteiger partial charge is 0.360 e. The standard InChI is InChI=1S/C16H17Cl2N3O3/c1-4-13-15(9(2)20-24-13)16(23)21(3)8-14(22)19-10-5-6-11(17)12(18)7-10/h5-7H,4,8H2,1-3H3,(H,19,22). The van der Waals surface area contributed by atoms with E-state index in [1.54, 1.807) is 32.2 Å². The molecule has 1 aromatic heterocycles. The number of carbonyl (C=O) groups excluding carboxylic acids is 2. The average molecular weight is 370 g/mol. The number of aromatic nitrogens is 1. The van der Waals surface area contributed by atoms with Gasteiger partial charge >= 0.3 is 0 Å². The van der Waals surface area contributed by atoms with Gasteiger partial charge in [-0.2, -0.15) is 0 Å². The molecule has 0 unspecified atom stereocenters. The first-order chi connectivity index (χ1) is 11.3. The highest BCUT2D eigenvalue weighted by molar-refractivity contribution is 6.42. The lowest BCUT2D eigenvalue weighted by Crippen LogP contribution is -2.35. The van der Waals surface area contributed by atoms with E-state index < -0.39 is 0 Å². The molecule has 0 saturated carbocycles. The molecule has 1 N–H and O–H groups in total. The van der Waals surface area contributed by atoms with Crippen molar-refractivity contribution in [1.82, 2.24) is 10.1 Å². The summed E-state index contributed by atoms with van der Waals surface area (Å²) in [5.41, 5.74) is 1.42. The van der Waals surface area contributed by atoms with Gasteiger partial charge in [0.25, 0.3) is 5.91 Å². The van der Waals surface area contributed by atoms with Crippen molar-refractivity contribution in [3.63, 3.8) is 0 Å². The van der Waals surface area contributed by atoms with Crippen LogP contribution in [0.3, 0.4) is 0 Å². The van der Waals surface area contributed by atoms with Crippen LogP contribution in [0.15, 0.2) is 22.7 Å². The Balaban J connectivity index is 2.04. The fourth-order valence-corrected chi connectivity index (χ4v) is 2.48. The molecule has 0 aliphatic carbocycles. The fourth-order valence-electron chi connectivity index (χ4n) is 2.18. The summed E-state index contributed by atoms with van der Waals surface area (Å²) in [5.74, 6) is -0.152. The lowest BCUT2D eigenvalue weighted by molar-refractivity contribution is -0.116. The van der Waals surface area contributed by atoms with Crippen LogP contribution in [0, 0.1) is 6.92 Å². The smallest absolute Gasteiger partial charge is 0.259 e. The highest BCUT2D eigenvalue weighted by Crippen LogP contribution is 2.25. The maximum atomic E-state index is 12.5. The van der Waals surface area contributed by atoms with Crippen LogP contribution in [0.25, 0.3) is 0 Å². The molecule has 0 saturated heterocycles. The molecule has 0 aliphatic rings. The van der Waals surface area contributed by atoms with Gasteiger partial charge in [0, 0.05) is 19.2 Å². The third-order valence-electron chi connectivity index (χ3n) is 3.40. The van der Waals surface area contributed by atoms with Gasteiger partial charge in [0.15, 0.2) is 0 Å². The Morgan fingerprint density at radius 2 is 2.00 bits per heavy atom. The van der Waals surface area contributed by atoms with Crippen LogP contribution in [0.4, 0.5) is 5.69 Å².